The lowest BCUT2D eigenvalue weighted by atomic mass is 9.97. The molecule has 3 nitrogen and oxygen atoms in total. The van der Waals surface area contributed by atoms with Crippen LogP contribution in [-0.2, 0) is 6.42 Å². The first-order valence-corrected chi connectivity index (χ1v) is 10.2. The van der Waals surface area contributed by atoms with E-state index in [1.54, 1.807) is 22.7 Å². The van der Waals surface area contributed by atoms with E-state index in [2.05, 4.69) is 29.0 Å². The maximum Gasteiger partial charge on any atom is 0.254 e. The van der Waals surface area contributed by atoms with E-state index >= 15 is 0 Å². The minimum Gasteiger partial charge on any atom is -0.494 e. The number of nitrogens with zero attached hydrogens (tertiary/aromatic N) is 1. The fourth-order valence-corrected chi connectivity index (χ4v) is 5.07. The molecule has 4 rings (SSSR count). The van der Waals surface area contributed by atoms with E-state index in [-0.39, 0.29) is 11.9 Å². The number of hydrogen-bond donors (Lipinski definition) is 0. The Morgan fingerprint density at radius 2 is 2.00 bits per heavy atom. The highest BCUT2D eigenvalue weighted by Crippen LogP contribution is 2.40. The monoisotopic (exact) mass is 369 g/mol. The van der Waals surface area contributed by atoms with Crippen molar-refractivity contribution in [2.45, 2.75) is 19.4 Å². The Labute approximate surface area is 155 Å². The van der Waals surface area contributed by atoms with Gasteiger partial charge in [0.1, 0.15) is 5.75 Å². The van der Waals surface area contributed by atoms with E-state index in [1.807, 2.05) is 36.1 Å². The summed E-state index contributed by atoms with van der Waals surface area (Å²) in [5.41, 5.74) is 1.99. The van der Waals surface area contributed by atoms with Crippen LogP contribution in [0.5, 0.6) is 5.75 Å². The molecule has 3 aromatic rings. The second-order valence-electron chi connectivity index (χ2n) is 5.92. The van der Waals surface area contributed by atoms with Crippen LogP contribution in [0.3, 0.4) is 0 Å². The zero-order valence-corrected chi connectivity index (χ0v) is 15.6. The Kier molecular flexibility index (Phi) is 4.59. The predicted molar refractivity (Wildman–Crippen MR) is 103 cm³/mol. The van der Waals surface area contributed by atoms with Crippen molar-refractivity contribution in [3.05, 3.63) is 74.1 Å². The molecule has 0 aliphatic carbocycles. The van der Waals surface area contributed by atoms with Gasteiger partial charge in [-0.25, -0.2) is 0 Å². The molecule has 1 amide bonds. The molecule has 3 heterocycles. The van der Waals surface area contributed by atoms with Crippen molar-refractivity contribution in [2.75, 3.05) is 13.2 Å². The molecule has 0 bridgehead atoms. The zero-order valence-electron chi connectivity index (χ0n) is 14.0. The number of rotatable bonds is 4. The van der Waals surface area contributed by atoms with Crippen molar-refractivity contribution in [2.24, 2.45) is 0 Å². The maximum absolute atomic E-state index is 13.2. The molecule has 1 atom stereocenters. The Morgan fingerprint density at radius 3 is 2.72 bits per heavy atom. The van der Waals surface area contributed by atoms with Crippen molar-refractivity contribution in [1.82, 2.24) is 4.90 Å². The van der Waals surface area contributed by atoms with E-state index in [9.17, 15) is 4.79 Å². The molecule has 0 spiro atoms. The number of amides is 1. The van der Waals surface area contributed by atoms with Crippen LogP contribution < -0.4 is 4.74 Å². The van der Waals surface area contributed by atoms with Crippen LogP contribution in [0.25, 0.3) is 0 Å². The predicted octanol–water partition coefficient (Wildman–Crippen LogP) is 5.00. The van der Waals surface area contributed by atoms with E-state index < -0.39 is 0 Å². The van der Waals surface area contributed by atoms with Gasteiger partial charge in [-0.15, -0.1) is 22.7 Å². The minimum absolute atomic E-state index is 0.0223. The second-order valence-corrected chi connectivity index (χ2v) is 7.90. The Hall–Kier alpha value is -2.11. The summed E-state index contributed by atoms with van der Waals surface area (Å²) in [6, 6.07) is 13.8. The van der Waals surface area contributed by atoms with Crippen LogP contribution in [0.2, 0.25) is 0 Å². The maximum atomic E-state index is 13.2. The van der Waals surface area contributed by atoms with Crippen LogP contribution in [0.4, 0.5) is 0 Å². The summed E-state index contributed by atoms with van der Waals surface area (Å²) in [7, 11) is 0. The van der Waals surface area contributed by atoms with Crippen LogP contribution in [0.1, 0.15) is 38.6 Å². The molecule has 1 aliphatic rings. The third-order valence-electron chi connectivity index (χ3n) is 4.45. The highest BCUT2D eigenvalue weighted by Gasteiger charge is 2.33. The van der Waals surface area contributed by atoms with Crippen molar-refractivity contribution < 1.29 is 9.53 Å². The SMILES string of the molecule is CCOc1ccc(C(=O)N2CCc3sccc3[C@@H]2c2cccs2)cc1. The summed E-state index contributed by atoms with van der Waals surface area (Å²) in [4.78, 5) is 17.8. The Morgan fingerprint density at radius 1 is 1.16 bits per heavy atom. The minimum atomic E-state index is 0.0223. The first-order chi connectivity index (χ1) is 12.3. The number of hydrogen-bond acceptors (Lipinski definition) is 4. The molecule has 25 heavy (non-hydrogen) atoms. The molecule has 0 N–H and O–H groups in total. The third-order valence-corrected chi connectivity index (χ3v) is 6.37. The summed E-state index contributed by atoms with van der Waals surface area (Å²) < 4.78 is 5.48. The van der Waals surface area contributed by atoms with Crippen LogP contribution in [-0.4, -0.2) is 24.0 Å². The van der Waals surface area contributed by atoms with Gasteiger partial charge in [-0.1, -0.05) is 6.07 Å². The number of thiophene rings is 2. The summed E-state index contributed by atoms with van der Waals surface area (Å²) in [5, 5.41) is 4.21. The lowest BCUT2D eigenvalue weighted by molar-refractivity contribution is 0.0698. The molecule has 5 heteroatoms. The first kappa shape index (κ1) is 16.4. The number of carbonyl (C=O) groups excluding carboxylic acids is 1. The molecular weight excluding hydrogens is 350 g/mol. The Bertz CT molecular complexity index is 852. The smallest absolute Gasteiger partial charge is 0.254 e. The fraction of sp³-hybridized carbons (Fsp3) is 0.250. The van der Waals surface area contributed by atoms with Gasteiger partial charge in [0.05, 0.1) is 12.6 Å². The normalized spacial score (nSPS) is 16.5. The standard InChI is InChI=1S/C20H19NO2S2/c1-2-23-15-7-5-14(6-8-15)20(22)21-11-9-17-16(10-13-25-17)19(21)18-4-3-12-24-18/h3-8,10,12-13,19H,2,9,11H2,1H3/t19-/m1/s1. The summed E-state index contributed by atoms with van der Waals surface area (Å²) in [5.74, 6) is 0.880. The van der Waals surface area contributed by atoms with Crippen molar-refractivity contribution in [3.8, 4) is 5.75 Å². The third kappa shape index (κ3) is 3.10. The van der Waals surface area contributed by atoms with E-state index in [0.29, 0.717) is 12.2 Å². The lowest BCUT2D eigenvalue weighted by Gasteiger charge is -2.35. The molecule has 0 unspecified atom stereocenters. The molecule has 1 aliphatic heterocycles. The van der Waals surface area contributed by atoms with E-state index in [0.717, 1.165) is 18.7 Å². The zero-order chi connectivity index (χ0) is 17.2. The molecule has 1 aromatic carbocycles. The molecule has 128 valence electrons. The number of fused-ring (bicyclic) bond motifs is 1. The molecule has 0 saturated heterocycles. The fourth-order valence-electron chi connectivity index (χ4n) is 3.32. The van der Waals surface area contributed by atoms with Gasteiger partial charge in [0.25, 0.3) is 5.91 Å². The summed E-state index contributed by atoms with van der Waals surface area (Å²) in [6.07, 6.45) is 0.928. The van der Waals surface area contributed by atoms with Gasteiger partial charge in [0, 0.05) is 21.9 Å². The average Bonchev–Trinajstić information content (AvgIpc) is 3.33. The highest BCUT2D eigenvalue weighted by atomic mass is 32.1. The number of benzene rings is 1. The topological polar surface area (TPSA) is 29.5 Å². The van der Waals surface area contributed by atoms with E-state index in [4.69, 9.17) is 4.74 Å². The van der Waals surface area contributed by atoms with Gasteiger partial charge >= 0.3 is 0 Å². The molecular formula is C20H19NO2S2. The summed E-state index contributed by atoms with van der Waals surface area (Å²) >= 11 is 3.51. The number of ether oxygens (including phenoxy) is 1. The van der Waals surface area contributed by atoms with Crippen molar-refractivity contribution in [1.29, 1.82) is 0 Å². The number of carbonyl (C=O) groups is 1. The van der Waals surface area contributed by atoms with Gasteiger partial charge in [0.2, 0.25) is 0 Å². The molecule has 0 saturated carbocycles. The van der Waals surface area contributed by atoms with Crippen LogP contribution >= 0.6 is 22.7 Å². The van der Waals surface area contributed by atoms with Gasteiger partial charge < -0.3 is 9.64 Å². The van der Waals surface area contributed by atoms with Crippen LogP contribution in [0.15, 0.2) is 53.2 Å². The molecule has 0 radical (unpaired) electrons. The largest absolute Gasteiger partial charge is 0.494 e. The Balaban J connectivity index is 1.67. The highest BCUT2D eigenvalue weighted by molar-refractivity contribution is 7.10. The summed E-state index contributed by atoms with van der Waals surface area (Å²) in [6.45, 7) is 3.33. The first-order valence-electron chi connectivity index (χ1n) is 8.41. The van der Waals surface area contributed by atoms with Crippen LogP contribution in [0, 0.1) is 0 Å². The van der Waals surface area contributed by atoms with Gasteiger partial charge in [0.15, 0.2) is 0 Å². The van der Waals surface area contributed by atoms with E-state index in [1.165, 1.54) is 15.3 Å². The van der Waals surface area contributed by atoms with Gasteiger partial charge in [-0.2, -0.15) is 0 Å². The second kappa shape index (κ2) is 7.02. The molecule has 2 aromatic heterocycles. The quantitative estimate of drug-likeness (QED) is 0.648. The average molecular weight is 370 g/mol. The van der Waals surface area contributed by atoms with Gasteiger partial charge in [-0.05, 0) is 66.1 Å². The van der Waals surface area contributed by atoms with Gasteiger partial charge in [-0.3, -0.25) is 4.79 Å². The molecule has 0 fully saturated rings. The van der Waals surface area contributed by atoms with Crippen molar-refractivity contribution in [3.63, 3.8) is 0 Å². The lowest BCUT2D eigenvalue weighted by Crippen LogP contribution is -2.39. The van der Waals surface area contributed by atoms with Crippen molar-refractivity contribution >= 4 is 28.6 Å².